The van der Waals surface area contributed by atoms with Crippen molar-refractivity contribution in [2.75, 3.05) is 18.9 Å². The second-order valence-corrected chi connectivity index (χ2v) is 4.91. The summed E-state index contributed by atoms with van der Waals surface area (Å²) in [5.41, 5.74) is 0.426. The van der Waals surface area contributed by atoms with Gasteiger partial charge in [0.1, 0.15) is 5.82 Å². The third-order valence-corrected chi connectivity index (χ3v) is 3.77. The number of aromatic nitrogens is 2. The molecule has 0 saturated carbocycles. The Kier molecular flexibility index (Phi) is 3.79. The van der Waals surface area contributed by atoms with Gasteiger partial charge in [0.05, 0.1) is 0 Å². The minimum Gasteiger partial charge on any atom is -0.372 e. The van der Waals surface area contributed by atoms with Crippen molar-refractivity contribution in [3.63, 3.8) is 0 Å². The highest BCUT2D eigenvalue weighted by atomic mass is 16.2. The van der Waals surface area contributed by atoms with E-state index in [0.717, 1.165) is 13.0 Å². The smallest absolute Gasteiger partial charge is 0.274 e. The Bertz CT molecular complexity index is 418. The zero-order valence-electron chi connectivity index (χ0n) is 11.2. The Labute approximate surface area is 108 Å². The van der Waals surface area contributed by atoms with Crippen molar-refractivity contribution in [1.29, 1.82) is 0 Å². The molecule has 0 spiro atoms. The molecule has 1 aromatic heterocycles. The highest BCUT2D eigenvalue weighted by Gasteiger charge is 2.29. The molecular formula is C13H20N4O. The maximum absolute atomic E-state index is 12.4. The molecule has 2 heterocycles. The molecule has 2 unspecified atom stereocenters. The van der Waals surface area contributed by atoms with Crippen LogP contribution >= 0.6 is 0 Å². The summed E-state index contributed by atoms with van der Waals surface area (Å²) in [6.45, 7) is 5.12. The second-order valence-electron chi connectivity index (χ2n) is 4.91. The number of hydrogen-bond donors (Lipinski definition) is 1. The van der Waals surface area contributed by atoms with Crippen LogP contribution in [-0.2, 0) is 0 Å². The molecule has 0 aromatic carbocycles. The number of hydrogen-bond acceptors (Lipinski definition) is 4. The van der Waals surface area contributed by atoms with Gasteiger partial charge >= 0.3 is 0 Å². The van der Waals surface area contributed by atoms with E-state index in [-0.39, 0.29) is 11.9 Å². The molecular weight excluding hydrogens is 228 g/mol. The molecule has 5 heteroatoms. The van der Waals surface area contributed by atoms with Crippen molar-refractivity contribution in [2.45, 2.75) is 32.7 Å². The zero-order valence-corrected chi connectivity index (χ0v) is 11.2. The summed E-state index contributed by atoms with van der Waals surface area (Å²) in [6.07, 6.45) is 2.26. The number of piperidine rings is 1. The molecule has 0 bridgehead atoms. The van der Waals surface area contributed by atoms with Gasteiger partial charge in [0, 0.05) is 19.6 Å². The summed E-state index contributed by atoms with van der Waals surface area (Å²) in [6, 6.07) is 3.78. The highest BCUT2D eigenvalue weighted by Crippen LogP contribution is 2.24. The molecule has 1 aliphatic rings. The molecule has 1 saturated heterocycles. The lowest BCUT2D eigenvalue weighted by molar-refractivity contribution is 0.0544. The number of nitrogens with one attached hydrogen (secondary N) is 1. The van der Waals surface area contributed by atoms with E-state index in [1.165, 1.54) is 6.42 Å². The van der Waals surface area contributed by atoms with E-state index in [4.69, 9.17) is 0 Å². The molecule has 2 rings (SSSR count). The van der Waals surface area contributed by atoms with E-state index >= 15 is 0 Å². The lowest BCUT2D eigenvalue weighted by Crippen LogP contribution is -2.46. The summed E-state index contributed by atoms with van der Waals surface area (Å²) in [7, 11) is 1.78. The predicted molar refractivity (Wildman–Crippen MR) is 70.5 cm³/mol. The molecule has 2 atom stereocenters. The third kappa shape index (κ3) is 2.44. The molecule has 98 valence electrons. The first-order chi connectivity index (χ1) is 8.63. The summed E-state index contributed by atoms with van der Waals surface area (Å²) in [5, 5.41) is 10.8. The summed E-state index contributed by atoms with van der Waals surface area (Å²) in [5.74, 6) is 1.21. The van der Waals surface area contributed by atoms with Crippen LogP contribution in [-0.4, -0.2) is 40.6 Å². The number of carbonyl (C=O) groups is 1. The second kappa shape index (κ2) is 5.33. The number of nitrogens with zero attached hydrogens (tertiary/aromatic N) is 3. The van der Waals surface area contributed by atoms with Gasteiger partial charge in [-0.3, -0.25) is 4.79 Å². The van der Waals surface area contributed by atoms with E-state index < -0.39 is 0 Å². The van der Waals surface area contributed by atoms with Crippen LogP contribution < -0.4 is 5.32 Å². The van der Waals surface area contributed by atoms with Crippen LogP contribution in [0.15, 0.2) is 12.1 Å². The molecule has 5 nitrogen and oxygen atoms in total. The minimum atomic E-state index is -0.01000. The third-order valence-electron chi connectivity index (χ3n) is 3.77. The topological polar surface area (TPSA) is 58.1 Å². The molecule has 1 aromatic rings. The average molecular weight is 248 g/mol. The fourth-order valence-corrected chi connectivity index (χ4v) is 2.35. The highest BCUT2D eigenvalue weighted by molar-refractivity contribution is 5.92. The number of anilines is 1. The van der Waals surface area contributed by atoms with Crippen molar-refractivity contribution in [1.82, 2.24) is 15.1 Å². The fourth-order valence-electron chi connectivity index (χ4n) is 2.35. The molecule has 1 N–H and O–H groups in total. The molecule has 1 aliphatic heterocycles. The summed E-state index contributed by atoms with van der Waals surface area (Å²) in [4.78, 5) is 14.3. The van der Waals surface area contributed by atoms with Crippen molar-refractivity contribution in [2.24, 2.45) is 5.92 Å². The Balaban J connectivity index is 2.14. The summed E-state index contributed by atoms with van der Waals surface area (Å²) < 4.78 is 0. The monoisotopic (exact) mass is 248 g/mol. The maximum Gasteiger partial charge on any atom is 0.274 e. The normalized spacial score (nSPS) is 23.8. The van der Waals surface area contributed by atoms with Crippen LogP contribution in [0.25, 0.3) is 0 Å². The van der Waals surface area contributed by atoms with Gasteiger partial charge in [-0.2, -0.15) is 0 Å². The van der Waals surface area contributed by atoms with Crippen molar-refractivity contribution < 1.29 is 4.79 Å². The van der Waals surface area contributed by atoms with Gasteiger partial charge in [0.2, 0.25) is 0 Å². The maximum atomic E-state index is 12.4. The Morgan fingerprint density at radius 2 is 2.17 bits per heavy atom. The van der Waals surface area contributed by atoms with Crippen LogP contribution in [0.2, 0.25) is 0 Å². The Morgan fingerprint density at radius 1 is 1.39 bits per heavy atom. The largest absolute Gasteiger partial charge is 0.372 e. The standard InChI is InChI=1S/C13H20N4O/c1-9-5-4-8-17(10(9)2)13(18)11-6-7-12(14-3)16-15-11/h6-7,9-10H,4-5,8H2,1-3H3,(H,14,16). The SMILES string of the molecule is CNc1ccc(C(=O)N2CCCC(C)C2C)nn1. The van der Waals surface area contributed by atoms with Gasteiger partial charge in [-0.15, -0.1) is 10.2 Å². The number of likely N-dealkylation sites (tertiary alicyclic amines) is 1. The van der Waals surface area contributed by atoms with Crippen LogP contribution in [0.5, 0.6) is 0 Å². The molecule has 0 aliphatic carbocycles. The number of carbonyl (C=O) groups excluding carboxylic acids is 1. The average Bonchev–Trinajstić information content (AvgIpc) is 2.41. The molecule has 0 radical (unpaired) electrons. The van der Waals surface area contributed by atoms with Crippen LogP contribution in [0, 0.1) is 5.92 Å². The number of rotatable bonds is 2. The molecule has 1 amide bonds. The van der Waals surface area contributed by atoms with Crippen LogP contribution in [0.3, 0.4) is 0 Å². The predicted octanol–water partition coefficient (Wildman–Crippen LogP) is 1.78. The zero-order chi connectivity index (χ0) is 13.1. The van der Waals surface area contributed by atoms with E-state index in [9.17, 15) is 4.79 Å². The quantitative estimate of drug-likeness (QED) is 0.866. The minimum absolute atomic E-state index is 0.01000. The van der Waals surface area contributed by atoms with Crippen LogP contribution in [0.4, 0.5) is 5.82 Å². The Hall–Kier alpha value is -1.65. The van der Waals surface area contributed by atoms with Gasteiger partial charge in [0.15, 0.2) is 5.69 Å². The van der Waals surface area contributed by atoms with E-state index in [2.05, 4.69) is 29.4 Å². The van der Waals surface area contributed by atoms with Crippen molar-refractivity contribution in [3.05, 3.63) is 17.8 Å². The first kappa shape index (κ1) is 12.8. The van der Waals surface area contributed by atoms with E-state index in [1.54, 1.807) is 19.2 Å². The lowest BCUT2D eigenvalue weighted by Gasteiger charge is -2.37. The first-order valence-electron chi connectivity index (χ1n) is 6.46. The molecule has 1 fully saturated rings. The Morgan fingerprint density at radius 3 is 2.78 bits per heavy atom. The number of amides is 1. The van der Waals surface area contributed by atoms with Gasteiger partial charge in [0.25, 0.3) is 5.91 Å². The van der Waals surface area contributed by atoms with Crippen molar-refractivity contribution >= 4 is 11.7 Å². The fraction of sp³-hybridized carbons (Fsp3) is 0.615. The van der Waals surface area contributed by atoms with Gasteiger partial charge in [-0.05, 0) is 37.8 Å². The van der Waals surface area contributed by atoms with Crippen LogP contribution in [0.1, 0.15) is 37.2 Å². The van der Waals surface area contributed by atoms with E-state index in [1.807, 2.05) is 4.90 Å². The van der Waals surface area contributed by atoms with Gasteiger partial charge in [-0.25, -0.2) is 0 Å². The van der Waals surface area contributed by atoms with E-state index in [0.29, 0.717) is 17.4 Å². The molecule has 18 heavy (non-hydrogen) atoms. The summed E-state index contributed by atoms with van der Waals surface area (Å²) >= 11 is 0. The van der Waals surface area contributed by atoms with Gasteiger partial charge in [-0.1, -0.05) is 6.92 Å². The lowest BCUT2D eigenvalue weighted by atomic mass is 9.92. The van der Waals surface area contributed by atoms with Crippen molar-refractivity contribution in [3.8, 4) is 0 Å². The first-order valence-corrected chi connectivity index (χ1v) is 6.46. The van der Waals surface area contributed by atoms with Gasteiger partial charge < -0.3 is 10.2 Å².